The molecule has 0 radical (unpaired) electrons. The van der Waals surface area contributed by atoms with E-state index in [0.717, 1.165) is 0 Å². The largest absolute Gasteiger partial charge is 1.00 e. The summed E-state index contributed by atoms with van der Waals surface area (Å²) >= 11 is 0. The minimum Gasteiger partial charge on any atom is -0.542 e. The van der Waals surface area contributed by atoms with Crippen LogP contribution in [-0.2, 0) is 19.0 Å². The number of carbonyl (C=O) groups is 1. The molecule has 0 aromatic carbocycles. The molecule has 0 spiro atoms. The fourth-order valence-electron chi connectivity index (χ4n) is 0.991. The van der Waals surface area contributed by atoms with Gasteiger partial charge < -0.3 is 9.90 Å². The Balaban J connectivity index is 0. The molecule has 23 heteroatoms. The zero-order chi connectivity index (χ0) is 25.7. The van der Waals surface area contributed by atoms with Gasteiger partial charge in [0.15, 0.2) is 0 Å². The average Bonchev–Trinajstić information content (AvgIpc) is 2.41. The number of carbonyl (C=O) groups excluding carboxylic acids is 1. The average molecular weight is 534 g/mol. The van der Waals surface area contributed by atoms with Gasteiger partial charge in [-0.05, 0) is 0 Å². The van der Waals surface area contributed by atoms with Crippen LogP contribution in [0.2, 0.25) is 0 Å². The quantitative estimate of drug-likeness (QED) is 0.303. The van der Waals surface area contributed by atoms with Crippen LogP contribution in [-0.4, -0.2) is 54.7 Å². The Morgan fingerprint density at radius 1 is 0.500 bits per heavy atom. The first-order valence-electron chi connectivity index (χ1n) is 6.10. The first-order valence-corrected chi connectivity index (χ1v) is 6.10. The third-order valence-corrected chi connectivity index (χ3v) is 2.41. The van der Waals surface area contributed by atoms with E-state index in [9.17, 15) is 84.5 Å². The molecule has 5 nitrogen and oxygen atoms in total. The summed E-state index contributed by atoms with van der Waals surface area (Å²) in [6.45, 7) is 0. The second-order valence-electron chi connectivity index (χ2n) is 4.77. The Morgan fingerprint density at radius 3 is 1.00 bits per heavy atom. The Morgan fingerprint density at radius 2 is 0.750 bits per heavy atom. The van der Waals surface area contributed by atoms with Crippen LogP contribution in [0.15, 0.2) is 0 Å². The SMILES string of the molecule is O=C([O-])C(F)(F)OC(F)(F)C(F)(F)OC(F)(F)C(F)(F)OC(F)(F)C(F)(F)C(F)(F)F.[Na+]. The van der Waals surface area contributed by atoms with Gasteiger partial charge in [0.25, 0.3) is 0 Å². The van der Waals surface area contributed by atoms with Crippen molar-refractivity contribution >= 4 is 5.97 Å². The van der Waals surface area contributed by atoms with Gasteiger partial charge >= 0.3 is 78.3 Å². The van der Waals surface area contributed by atoms with Crippen molar-refractivity contribution in [3.63, 3.8) is 0 Å². The predicted octanol–water partition coefficient (Wildman–Crippen LogP) is 0.544. The van der Waals surface area contributed by atoms with Crippen molar-refractivity contribution in [3.8, 4) is 0 Å². The van der Waals surface area contributed by atoms with E-state index in [0.29, 0.717) is 0 Å². The molecule has 0 unspecified atom stereocenters. The third kappa shape index (κ3) is 6.61. The number of hydrogen-bond acceptors (Lipinski definition) is 5. The molecule has 0 aromatic rings. The monoisotopic (exact) mass is 534 g/mol. The van der Waals surface area contributed by atoms with Crippen molar-refractivity contribution in [1.29, 1.82) is 0 Å². The number of carboxylic acid groups (broad SMARTS) is 1. The molecule has 0 rings (SSSR count). The maximum atomic E-state index is 12.9. The molecule has 0 heterocycles. The van der Waals surface area contributed by atoms with Crippen molar-refractivity contribution in [1.82, 2.24) is 0 Å². The maximum absolute atomic E-state index is 12.9. The molecule has 0 saturated carbocycles. The van der Waals surface area contributed by atoms with E-state index in [1.165, 1.54) is 9.47 Å². The minimum atomic E-state index is -7.72. The summed E-state index contributed by atoms with van der Waals surface area (Å²) in [7, 11) is 0. The van der Waals surface area contributed by atoms with Crippen LogP contribution >= 0.6 is 0 Å². The van der Waals surface area contributed by atoms with E-state index in [1.54, 1.807) is 4.74 Å². The maximum Gasteiger partial charge on any atom is 1.00 e. The van der Waals surface area contributed by atoms with E-state index < -0.39 is 54.7 Å². The van der Waals surface area contributed by atoms with E-state index in [2.05, 4.69) is 0 Å². The Kier molecular flexibility index (Phi) is 9.45. The molecule has 0 aliphatic carbocycles. The van der Waals surface area contributed by atoms with Crippen LogP contribution < -0.4 is 34.7 Å². The summed E-state index contributed by atoms with van der Waals surface area (Å²) in [6, 6.07) is 0. The van der Waals surface area contributed by atoms with Gasteiger partial charge in [-0.3, -0.25) is 0 Å². The first kappa shape index (κ1) is 33.3. The Labute approximate surface area is 183 Å². The number of alkyl halides is 17. The number of aliphatic carboxylic acids is 1. The molecular formula is C9F17NaO5. The van der Waals surface area contributed by atoms with E-state index >= 15 is 0 Å². The molecule has 0 aliphatic rings. The molecule has 0 atom stereocenters. The molecule has 0 fully saturated rings. The summed E-state index contributed by atoms with van der Waals surface area (Å²) in [5.74, 6) is -11.7. The molecule has 0 bridgehead atoms. The molecule has 32 heavy (non-hydrogen) atoms. The standard InChI is InChI=1S/C9HF17O5.Na/c10-2(11,1(27)28)29-6(19,20)7(21,22)31-9(25,26)8(23,24)30-5(17,18)3(12,13)4(14,15)16;/h(H,27,28);/q;+1/p-1. The van der Waals surface area contributed by atoms with Gasteiger partial charge in [0, 0.05) is 0 Å². The number of carboxylic acids is 1. The summed E-state index contributed by atoms with van der Waals surface area (Å²) in [5, 5.41) is 9.66. The molecule has 0 amide bonds. The second kappa shape index (κ2) is 9.07. The molecule has 0 aliphatic heterocycles. The Bertz CT molecular complexity index is 674. The second-order valence-corrected chi connectivity index (χ2v) is 4.77. The first-order chi connectivity index (χ1) is 13.1. The predicted molar refractivity (Wildman–Crippen MR) is 48.9 cm³/mol. The molecule has 0 saturated heterocycles. The summed E-state index contributed by atoms with van der Waals surface area (Å²) in [4.78, 5) is 9.66. The summed E-state index contributed by atoms with van der Waals surface area (Å²) in [5.41, 5.74) is 0. The number of hydrogen-bond donors (Lipinski definition) is 0. The van der Waals surface area contributed by atoms with Gasteiger partial charge in [0.2, 0.25) is 0 Å². The van der Waals surface area contributed by atoms with Crippen LogP contribution in [0.5, 0.6) is 0 Å². The van der Waals surface area contributed by atoms with Gasteiger partial charge in [-0.25, -0.2) is 14.2 Å². The minimum absolute atomic E-state index is 0. The summed E-state index contributed by atoms with van der Waals surface area (Å²) in [6.07, 6.45) is -51.9. The zero-order valence-electron chi connectivity index (χ0n) is 14.0. The van der Waals surface area contributed by atoms with Crippen molar-refractivity contribution < 1.29 is 128 Å². The van der Waals surface area contributed by atoms with Gasteiger partial charge in [-0.1, -0.05) is 0 Å². The van der Waals surface area contributed by atoms with Gasteiger partial charge in [-0.15, -0.1) is 0 Å². The third-order valence-electron chi connectivity index (χ3n) is 2.41. The zero-order valence-corrected chi connectivity index (χ0v) is 16.0. The molecular weight excluding hydrogens is 534 g/mol. The summed E-state index contributed by atoms with van der Waals surface area (Å²) < 4.78 is 216. The van der Waals surface area contributed by atoms with Gasteiger partial charge in [0.05, 0.1) is 0 Å². The molecule has 0 N–H and O–H groups in total. The van der Waals surface area contributed by atoms with Crippen molar-refractivity contribution in [2.24, 2.45) is 0 Å². The van der Waals surface area contributed by atoms with Crippen LogP contribution in [0.1, 0.15) is 0 Å². The van der Waals surface area contributed by atoms with Crippen LogP contribution in [0.4, 0.5) is 74.6 Å². The van der Waals surface area contributed by atoms with Crippen molar-refractivity contribution in [2.45, 2.75) is 48.8 Å². The van der Waals surface area contributed by atoms with Crippen molar-refractivity contribution in [3.05, 3.63) is 0 Å². The van der Waals surface area contributed by atoms with Crippen LogP contribution in [0, 0.1) is 0 Å². The fourth-order valence-corrected chi connectivity index (χ4v) is 0.991. The molecule has 0 aromatic heterocycles. The molecule has 186 valence electrons. The fraction of sp³-hybridized carbons (Fsp3) is 0.889. The van der Waals surface area contributed by atoms with Gasteiger partial charge in [-0.2, -0.15) is 74.6 Å². The van der Waals surface area contributed by atoms with Crippen LogP contribution in [0.25, 0.3) is 0 Å². The van der Waals surface area contributed by atoms with E-state index in [1.807, 2.05) is 0 Å². The van der Waals surface area contributed by atoms with Gasteiger partial charge in [0.1, 0.15) is 5.97 Å². The number of rotatable bonds is 10. The van der Waals surface area contributed by atoms with Crippen molar-refractivity contribution in [2.75, 3.05) is 0 Å². The number of halogens is 17. The number of ether oxygens (including phenoxy) is 3. The smallest absolute Gasteiger partial charge is 0.542 e. The Hall–Kier alpha value is -0.840. The topological polar surface area (TPSA) is 67.8 Å². The van der Waals surface area contributed by atoms with Crippen LogP contribution in [0.3, 0.4) is 0 Å². The van der Waals surface area contributed by atoms with E-state index in [-0.39, 0.29) is 29.6 Å². The van der Waals surface area contributed by atoms with E-state index in [4.69, 9.17) is 0 Å². The normalized spacial score (nSPS) is 15.4.